The second-order valence-corrected chi connectivity index (χ2v) is 12.3. The summed E-state index contributed by atoms with van der Waals surface area (Å²) in [6.07, 6.45) is 2.67. The van der Waals surface area contributed by atoms with E-state index in [1.54, 1.807) is 0 Å². The molecule has 230 valence electrons. The fraction of sp³-hybridized carbons (Fsp3) is 0.0222. The summed E-state index contributed by atoms with van der Waals surface area (Å²) in [6.45, 7) is 0. The largest absolute Gasteiger partial charge is 0.256 e. The molecular formula is C45H30N4. The first-order valence-corrected chi connectivity index (χ1v) is 16.5. The fourth-order valence-corrected chi connectivity index (χ4v) is 6.76. The molecule has 0 bridgehead atoms. The number of benzene rings is 7. The van der Waals surface area contributed by atoms with Crippen LogP contribution in [0.5, 0.6) is 0 Å². The Kier molecular flexibility index (Phi) is 7.17. The van der Waals surface area contributed by atoms with E-state index in [1.807, 2.05) is 30.5 Å². The van der Waals surface area contributed by atoms with Crippen molar-refractivity contribution >= 4 is 32.4 Å². The minimum atomic E-state index is 0.622. The van der Waals surface area contributed by atoms with E-state index in [-0.39, 0.29) is 0 Å². The Morgan fingerprint density at radius 2 is 0.918 bits per heavy atom. The van der Waals surface area contributed by atoms with E-state index < -0.39 is 0 Å². The monoisotopic (exact) mass is 626 g/mol. The molecule has 0 fully saturated rings. The number of pyridine rings is 1. The number of para-hydroxylation sites is 1. The van der Waals surface area contributed by atoms with Crippen molar-refractivity contribution in [2.45, 2.75) is 6.42 Å². The first-order chi connectivity index (χ1) is 24.3. The van der Waals surface area contributed by atoms with Crippen molar-refractivity contribution in [1.82, 2.24) is 19.9 Å². The number of aromatic nitrogens is 4. The van der Waals surface area contributed by atoms with Crippen LogP contribution in [0.1, 0.15) is 11.1 Å². The summed E-state index contributed by atoms with van der Waals surface area (Å²) >= 11 is 0. The molecule has 4 heteroatoms. The molecule has 0 spiro atoms. The summed E-state index contributed by atoms with van der Waals surface area (Å²) in [7, 11) is 0. The number of hydrogen-bond acceptors (Lipinski definition) is 4. The minimum Gasteiger partial charge on any atom is -0.256 e. The van der Waals surface area contributed by atoms with Crippen LogP contribution in [0.4, 0.5) is 0 Å². The summed E-state index contributed by atoms with van der Waals surface area (Å²) in [5.74, 6) is 1.89. The highest BCUT2D eigenvalue weighted by Gasteiger charge is 2.15. The Hall–Kier alpha value is -6.52. The van der Waals surface area contributed by atoms with Crippen molar-refractivity contribution in [3.63, 3.8) is 0 Å². The van der Waals surface area contributed by atoms with Crippen molar-refractivity contribution in [2.75, 3.05) is 0 Å². The van der Waals surface area contributed by atoms with Gasteiger partial charge in [0.1, 0.15) is 0 Å². The van der Waals surface area contributed by atoms with Gasteiger partial charge in [0, 0.05) is 28.3 Å². The third-order valence-electron chi connectivity index (χ3n) is 9.26. The zero-order chi connectivity index (χ0) is 32.6. The van der Waals surface area contributed by atoms with Gasteiger partial charge in [-0.05, 0) is 62.4 Å². The number of nitrogens with zero attached hydrogens (tertiary/aromatic N) is 4. The van der Waals surface area contributed by atoms with Gasteiger partial charge < -0.3 is 0 Å². The van der Waals surface area contributed by atoms with Crippen LogP contribution in [0.15, 0.2) is 170 Å². The molecule has 0 aliphatic carbocycles. The molecule has 0 N–H and O–H groups in total. The topological polar surface area (TPSA) is 51.6 Å². The highest BCUT2D eigenvalue weighted by Crippen LogP contribution is 2.32. The van der Waals surface area contributed by atoms with E-state index in [0.29, 0.717) is 17.5 Å². The second kappa shape index (κ2) is 12.3. The maximum Gasteiger partial charge on any atom is 0.164 e. The zero-order valence-corrected chi connectivity index (χ0v) is 26.7. The van der Waals surface area contributed by atoms with Gasteiger partial charge in [-0.2, -0.15) is 0 Å². The number of fused-ring (bicyclic) bond motifs is 3. The smallest absolute Gasteiger partial charge is 0.164 e. The molecule has 4 nitrogen and oxygen atoms in total. The van der Waals surface area contributed by atoms with Gasteiger partial charge >= 0.3 is 0 Å². The fourth-order valence-electron chi connectivity index (χ4n) is 6.76. The Balaban J connectivity index is 1.12. The molecule has 49 heavy (non-hydrogen) atoms. The molecule has 9 aromatic rings. The minimum absolute atomic E-state index is 0.622. The molecule has 9 rings (SSSR count). The normalized spacial score (nSPS) is 11.3. The maximum absolute atomic E-state index is 5.05. The van der Waals surface area contributed by atoms with E-state index in [1.165, 1.54) is 38.2 Å². The van der Waals surface area contributed by atoms with Crippen LogP contribution in [0.25, 0.3) is 77.7 Å². The predicted molar refractivity (Wildman–Crippen MR) is 201 cm³/mol. The summed E-state index contributed by atoms with van der Waals surface area (Å²) in [5, 5.41) is 6.01. The van der Waals surface area contributed by atoms with Crippen LogP contribution in [0.2, 0.25) is 0 Å². The molecule has 0 atom stereocenters. The quantitative estimate of drug-likeness (QED) is 0.184. The molecule has 0 aliphatic heterocycles. The van der Waals surface area contributed by atoms with E-state index >= 15 is 0 Å². The molecule has 0 saturated heterocycles. The van der Waals surface area contributed by atoms with Gasteiger partial charge in [-0.15, -0.1) is 0 Å². The third kappa shape index (κ3) is 5.49. The predicted octanol–water partition coefficient (Wildman–Crippen LogP) is 11.0. The average Bonchev–Trinajstić information content (AvgIpc) is 3.18. The number of hydrogen-bond donors (Lipinski definition) is 0. The Morgan fingerprint density at radius 3 is 1.67 bits per heavy atom. The van der Waals surface area contributed by atoms with Crippen LogP contribution in [0.3, 0.4) is 0 Å². The highest BCUT2D eigenvalue weighted by atomic mass is 15.0. The molecule has 0 radical (unpaired) electrons. The second-order valence-electron chi connectivity index (χ2n) is 12.3. The van der Waals surface area contributed by atoms with Gasteiger partial charge in [0.15, 0.2) is 17.5 Å². The lowest BCUT2D eigenvalue weighted by Crippen LogP contribution is -2.01. The molecule has 2 heterocycles. The molecule has 0 saturated carbocycles. The summed E-state index contributed by atoms with van der Waals surface area (Å²) in [4.78, 5) is 19.7. The molecule has 0 amide bonds. The van der Waals surface area contributed by atoms with E-state index in [0.717, 1.165) is 39.6 Å². The molecular weight excluding hydrogens is 597 g/mol. The lowest BCUT2D eigenvalue weighted by molar-refractivity contribution is 1.07. The van der Waals surface area contributed by atoms with Gasteiger partial charge in [-0.25, -0.2) is 15.0 Å². The van der Waals surface area contributed by atoms with Crippen LogP contribution >= 0.6 is 0 Å². The van der Waals surface area contributed by atoms with Crippen molar-refractivity contribution < 1.29 is 0 Å². The van der Waals surface area contributed by atoms with Crippen molar-refractivity contribution in [2.24, 2.45) is 0 Å². The first-order valence-electron chi connectivity index (χ1n) is 16.5. The van der Waals surface area contributed by atoms with Crippen molar-refractivity contribution in [3.05, 3.63) is 181 Å². The lowest BCUT2D eigenvalue weighted by Gasteiger charge is -2.11. The molecule has 0 aliphatic rings. The van der Waals surface area contributed by atoms with E-state index in [4.69, 9.17) is 15.0 Å². The van der Waals surface area contributed by atoms with Crippen LogP contribution in [-0.4, -0.2) is 19.9 Å². The van der Waals surface area contributed by atoms with Crippen LogP contribution in [-0.2, 0) is 6.42 Å². The van der Waals surface area contributed by atoms with Gasteiger partial charge in [-0.3, -0.25) is 4.98 Å². The Labute approximate surface area is 284 Å². The van der Waals surface area contributed by atoms with E-state index in [2.05, 4.69) is 145 Å². The Bertz CT molecular complexity index is 2610. The highest BCUT2D eigenvalue weighted by molar-refractivity contribution is 5.97. The van der Waals surface area contributed by atoms with Gasteiger partial charge in [-0.1, -0.05) is 152 Å². The number of rotatable bonds is 6. The summed E-state index contributed by atoms with van der Waals surface area (Å²) in [5.41, 5.74) is 8.60. The molecule has 7 aromatic carbocycles. The zero-order valence-electron chi connectivity index (χ0n) is 26.7. The third-order valence-corrected chi connectivity index (χ3v) is 9.26. The van der Waals surface area contributed by atoms with Crippen LogP contribution < -0.4 is 0 Å². The standard InChI is InChI=1S/C45H30N4/c1-3-14-37-31(9-1)11-7-13-36(37)29-30-19-21-34(22-20-30)43-47-44(49-45(48-43)41-27-28-46-42-18-6-5-16-40(41)42)35-25-23-33(24-26-35)39-17-8-12-32-10-2-4-15-38(32)39/h1-28H,29H2. The van der Waals surface area contributed by atoms with E-state index in [9.17, 15) is 0 Å². The maximum atomic E-state index is 5.05. The van der Waals surface area contributed by atoms with Crippen LogP contribution in [0, 0.1) is 0 Å². The summed E-state index contributed by atoms with van der Waals surface area (Å²) < 4.78 is 0. The first kappa shape index (κ1) is 28.7. The average molecular weight is 627 g/mol. The van der Waals surface area contributed by atoms with Crippen molar-refractivity contribution in [1.29, 1.82) is 0 Å². The summed E-state index contributed by atoms with van der Waals surface area (Å²) in [6, 6.07) is 57.3. The van der Waals surface area contributed by atoms with Crippen molar-refractivity contribution in [3.8, 4) is 45.3 Å². The SMILES string of the molecule is c1ccc2c(Cc3ccc(-c4nc(-c5ccc(-c6cccc7ccccc67)cc5)nc(-c5ccnc6ccccc56)n4)cc3)cccc2c1. The Morgan fingerprint density at radius 1 is 0.367 bits per heavy atom. The van der Waals surface area contributed by atoms with Gasteiger partial charge in [0.05, 0.1) is 5.52 Å². The van der Waals surface area contributed by atoms with Gasteiger partial charge in [0.25, 0.3) is 0 Å². The molecule has 0 unspecified atom stereocenters. The van der Waals surface area contributed by atoms with Gasteiger partial charge in [0.2, 0.25) is 0 Å². The molecule has 2 aromatic heterocycles. The lowest BCUT2D eigenvalue weighted by atomic mass is 9.97.